The van der Waals surface area contributed by atoms with Crippen LogP contribution in [0.25, 0.3) is 0 Å². The number of aliphatic hydroxyl groups excluding tert-OH is 1. The summed E-state index contributed by atoms with van der Waals surface area (Å²) < 4.78 is 0. The average molecular weight is 341 g/mol. The first-order chi connectivity index (χ1) is 10.2. The van der Waals surface area contributed by atoms with E-state index in [2.05, 4.69) is 6.92 Å². The molecule has 0 aliphatic rings. The first-order valence-electron chi connectivity index (χ1n) is 8.62. The molecule has 3 nitrogen and oxygen atoms in total. The summed E-state index contributed by atoms with van der Waals surface area (Å²) in [5.74, 6) is 0.175. The van der Waals surface area contributed by atoms with Gasteiger partial charge in [0.2, 0.25) is 0 Å². The molecule has 1 atom stereocenters. The van der Waals surface area contributed by atoms with Gasteiger partial charge in [-0.25, -0.2) is 0 Å². The van der Waals surface area contributed by atoms with Crippen LogP contribution in [-0.2, 0) is 4.79 Å². The first kappa shape index (κ1) is 25.0. The van der Waals surface area contributed by atoms with Gasteiger partial charge in [-0.15, -0.1) is 0 Å². The van der Waals surface area contributed by atoms with Crippen LogP contribution in [0.15, 0.2) is 0 Å². The summed E-state index contributed by atoms with van der Waals surface area (Å²) in [5, 5.41) is 20.0. The largest absolute Gasteiger partial charge is 1.00 e. The molecule has 0 aliphatic heterocycles. The zero-order chi connectivity index (χ0) is 15.8. The number of carboxylic acid groups (broad SMARTS) is 1. The Morgan fingerprint density at radius 2 is 1.50 bits per heavy atom. The van der Waals surface area contributed by atoms with E-state index in [0.717, 1.165) is 12.8 Å². The van der Waals surface area contributed by atoms with E-state index in [1.165, 1.54) is 69.5 Å². The maximum Gasteiger partial charge on any atom is 1.00 e. The van der Waals surface area contributed by atoms with Gasteiger partial charge in [0.05, 0.1) is 6.10 Å². The van der Waals surface area contributed by atoms with Crippen LogP contribution in [-0.4, -0.2) is 28.7 Å². The third kappa shape index (κ3) is 20.8. The summed E-state index contributed by atoms with van der Waals surface area (Å²) >= 11 is 1.50. The second-order valence-electron chi connectivity index (χ2n) is 5.82. The molecule has 0 aromatic rings. The molecule has 0 aromatic carbocycles. The smallest absolute Gasteiger partial charge is 0.550 e. The van der Waals surface area contributed by atoms with Crippen molar-refractivity contribution in [3.05, 3.63) is 0 Å². The molecule has 0 bridgehead atoms. The molecule has 126 valence electrons. The quantitative estimate of drug-likeness (QED) is 0.329. The fourth-order valence-electron chi connectivity index (χ4n) is 2.33. The van der Waals surface area contributed by atoms with E-state index in [4.69, 9.17) is 0 Å². The van der Waals surface area contributed by atoms with Crippen molar-refractivity contribution < 1.29 is 44.6 Å². The number of carbonyl (C=O) groups excluding carboxylic acids is 1. The molecule has 0 spiro atoms. The van der Waals surface area contributed by atoms with E-state index in [0.29, 0.717) is 11.5 Å². The molecule has 22 heavy (non-hydrogen) atoms. The zero-order valence-electron chi connectivity index (χ0n) is 14.6. The number of carbonyl (C=O) groups is 1. The van der Waals surface area contributed by atoms with E-state index >= 15 is 0 Å². The van der Waals surface area contributed by atoms with Gasteiger partial charge in [0.25, 0.3) is 0 Å². The van der Waals surface area contributed by atoms with Crippen molar-refractivity contribution in [1.29, 1.82) is 0 Å². The van der Waals surface area contributed by atoms with Crippen LogP contribution in [0.1, 0.15) is 84.0 Å². The normalized spacial score (nSPS) is 11.9. The van der Waals surface area contributed by atoms with Crippen molar-refractivity contribution in [3.8, 4) is 0 Å². The number of unbranched alkanes of at least 4 members (excludes halogenated alkanes) is 9. The first-order valence-corrected chi connectivity index (χ1v) is 9.78. The van der Waals surface area contributed by atoms with E-state index in [-0.39, 0.29) is 42.1 Å². The number of rotatable bonds is 16. The molecule has 0 radical (unpaired) electrons. The van der Waals surface area contributed by atoms with Crippen LogP contribution in [0, 0.1) is 0 Å². The van der Waals surface area contributed by atoms with Crippen LogP contribution in [0.2, 0.25) is 0 Å². The maximum absolute atomic E-state index is 10.2. The Kier molecular flexibility index (Phi) is 22.6. The summed E-state index contributed by atoms with van der Waals surface area (Å²) in [5.41, 5.74) is 0. The maximum atomic E-state index is 10.2. The molecule has 0 saturated heterocycles. The molecule has 0 rings (SSSR count). The van der Waals surface area contributed by atoms with Gasteiger partial charge in [-0.1, -0.05) is 71.1 Å². The second kappa shape index (κ2) is 19.8. The molecule has 0 aliphatic carbocycles. The minimum Gasteiger partial charge on any atom is -0.550 e. The van der Waals surface area contributed by atoms with E-state index in [9.17, 15) is 15.0 Å². The monoisotopic (exact) mass is 340 g/mol. The fourth-order valence-corrected chi connectivity index (χ4v) is 3.24. The molecule has 0 heterocycles. The van der Waals surface area contributed by atoms with Crippen molar-refractivity contribution in [3.63, 3.8) is 0 Å². The number of hydrogen-bond donors (Lipinski definition) is 1. The Morgan fingerprint density at radius 3 is 2.00 bits per heavy atom. The molecule has 0 aromatic heterocycles. The van der Waals surface area contributed by atoms with Crippen molar-refractivity contribution in [1.82, 2.24) is 0 Å². The predicted octanol–water partition coefficient (Wildman–Crippen LogP) is 0.536. The Morgan fingerprint density at radius 1 is 1.00 bits per heavy atom. The van der Waals surface area contributed by atoms with Crippen LogP contribution in [0.5, 0.6) is 0 Å². The Labute approximate surface area is 163 Å². The molecule has 1 unspecified atom stereocenters. The SMILES string of the molecule is CCCCCCCCCCCCC(O)CSCCC(=O)[O-].[Na+]. The molecular formula is C17H33NaO3S. The number of aliphatic carboxylic acids is 1. The zero-order valence-corrected chi connectivity index (χ0v) is 17.5. The van der Waals surface area contributed by atoms with Gasteiger partial charge < -0.3 is 15.0 Å². The molecule has 1 N–H and O–H groups in total. The van der Waals surface area contributed by atoms with E-state index in [1.54, 1.807) is 0 Å². The summed E-state index contributed by atoms with van der Waals surface area (Å²) in [6.07, 6.45) is 13.7. The second-order valence-corrected chi connectivity index (χ2v) is 6.97. The van der Waals surface area contributed by atoms with Gasteiger partial charge in [-0.2, -0.15) is 11.8 Å². The van der Waals surface area contributed by atoms with Crippen molar-refractivity contribution in [2.24, 2.45) is 0 Å². The Hall–Kier alpha value is 0.780. The number of carboxylic acids is 1. The summed E-state index contributed by atoms with van der Waals surface area (Å²) in [7, 11) is 0. The minimum absolute atomic E-state index is 0. The minimum atomic E-state index is -1.01. The Balaban J connectivity index is 0. The fraction of sp³-hybridized carbons (Fsp3) is 0.941. The van der Waals surface area contributed by atoms with Gasteiger partial charge in [0.15, 0.2) is 0 Å². The van der Waals surface area contributed by atoms with Crippen molar-refractivity contribution in [2.75, 3.05) is 11.5 Å². The van der Waals surface area contributed by atoms with Gasteiger partial charge >= 0.3 is 29.6 Å². The van der Waals surface area contributed by atoms with E-state index in [1.807, 2.05) is 0 Å². The van der Waals surface area contributed by atoms with Crippen LogP contribution < -0.4 is 34.7 Å². The van der Waals surface area contributed by atoms with Gasteiger partial charge in [0.1, 0.15) is 0 Å². The summed E-state index contributed by atoms with van der Waals surface area (Å²) in [4.78, 5) is 10.2. The average Bonchev–Trinajstić information content (AvgIpc) is 2.45. The van der Waals surface area contributed by atoms with Gasteiger partial charge in [-0.05, 0) is 18.6 Å². The van der Waals surface area contributed by atoms with Crippen molar-refractivity contribution >= 4 is 17.7 Å². The molecule has 0 fully saturated rings. The Bertz CT molecular complexity index is 240. The van der Waals surface area contributed by atoms with Gasteiger partial charge in [0, 0.05) is 11.7 Å². The molecule has 0 saturated carbocycles. The van der Waals surface area contributed by atoms with Crippen LogP contribution in [0.4, 0.5) is 0 Å². The summed E-state index contributed by atoms with van der Waals surface area (Å²) in [6, 6.07) is 0. The number of aliphatic hydroxyl groups is 1. The third-order valence-corrected chi connectivity index (χ3v) is 4.76. The van der Waals surface area contributed by atoms with Crippen LogP contribution >= 0.6 is 11.8 Å². The molecule has 5 heteroatoms. The van der Waals surface area contributed by atoms with E-state index < -0.39 is 5.97 Å². The third-order valence-electron chi connectivity index (χ3n) is 3.65. The number of hydrogen-bond acceptors (Lipinski definition) is 4. The molecule has 0 amide bonds. The topological polar surface area (TPSA) is 60.4 Å². The van der Waals surface area contributed by atoms with Crippen molar-refractivity contribution in [2.45, 2.75) is 90.1 Å². The van der Waals surface area contributed by atoms with Crippen LogP contribution in [0.3, 0.4) is 0 Å². The molecular weight excluding hydrogens is 307 g/mol. The summed E-state index contributed by atoms with van der Waals surface area (Å²) in [6.45, 7) is 2.25. The van der Waals surface area contributed by atoms with Gasteiger partial charge in [-0.3, -0.25) is 0 Å². The number of thioether (sulfide) groups is 1. The predicted molar refractivity (Wildman–Crippen MR) is 89.4 cm³/mol. The standard InChI is InChI=1S/C17H34O3S.Na/c1-2-3-4-5-6-7-8-9-10-11-12-16(18)15-21-14-13-17(19)20;/h16,18H,2-15H2,1H3,(H,19,20);/q;+1/p-1.